The summed E-state index contributed by atoms with van der Waals surface area (Å²) >= 11 is 0. The third-order valence-electron chi connectivity index (χ3n) is 4.39. The molecule has 0 spiro atoms. The lowest BCUT2D eigenvalue weighted by Crippen LogP contribution is -2.43. The van der Waals surface area contributed by atoms with Crippen molar-refractivity contribution in [1.82, 2.24) is 14.5 Å². The molecule has 3 rings (SSSR count). The van der Waals surface area contributed by atoms with E-state index in [9.17, 15) is 4.79 Å². The van der Waals surface area contributed by atoms with Gasteiger partial charge in [0.2, 0.25) is 5.91 Å². The van der Waals surface area contributed by atoms with Gasteiger partial charge in [-0.1, -0.05) is 6.92 Å². The zero-order chi connectivity index (χ0) is 12.5. The molecule has 1 aromatic rings. The molecule has 2 aliphatic rings. The van der Waals surface area contributed by atoms with Crippen LogP contribution in [0.4, 0.5) is 0 Å². The maximum absolute atomic E-state index is 12.5. The highest BCUT2D eigenvalue weighted by atomic mass is 16.2. The molecule has 1 atom stereocenters. The molecule has 0 saturated carbocycles. The van der Waals surface area contributed by atoms with E-state index in [4.69, 9.17) is 0 Å². The quantitative estimate of drug-likeness (QED) is 0.757. The first kappa shape index (κ1) is 11.8. The molecule has 1 amide bonds. The molecule has 2 aliphatic heterocycles. The van der Waals surface area contributed by atoms with Crippen molar-refractivity contribution in [2.24, 2.45) is 11.8 Å². The van der Waals surface area contributed by atoms with E-state index < -0.39 is 0 Å². The Bertz CT molecular complexity index is 432. The van der Waals surface area contributed by atoms with Gasteiger partial charge in [0.15, 0.2) is 0 Å². The molecular weight excluding hydrogens is 226 g/mol. The number of fused-ring (bicyclic) bond motifs is 1. The van der Waals surface area contributed by atoms with Gasteiger partial charge < -0.3 is 9.47 Å². The normalized spacial score (nSPS) is 24.9. The molecule has 1 fully saturated rings. The Balaban J connectivity index is 1.64. The average molecular weight is 247 g/mol. The van der Waals surface area contributed by atoms with E-state index in [0.717, 1.165) is 57.1 Å². The van der Waals surface area contributed by atoms with E-state index in [1.807, 2.05) is 12.4 Å². The highest BCUT2D eigenvalue weighted by Crippen LogP contribution is 2.24. The van der Waals surface area contributed by atoms with Gasteiger partial charge in [-0.15, -0.1) is 0 Å². The molecule has 0 aromatic carbocycles. The van der Waals surface area contributed by atoms with Gasteiger partial charge in [-0.05, 0) is 25.2 Å². The van der Waals surface area contributed by atoms with Crippen LogP contribution in [-0.4, -0.2) is 33.4 Å². The minimum Gasteiger partial charge on any atom is -0.342 e. The summed E-state index contributed by atoms with van der Waals surface area (Å²) in [5.41, 5.74) is 0. The molecule has 0 N–H and O–H groups in total. The number of hydrogen-bond acceptors (Lipinski definition) is 2. The number of piperidine rings is 1. The number of rotatable bonds is 1. The van der Waals surface area contributed by atoms with E-state index in [-0.39, 0.29) is 5.92 Å². The van der Waals surface area contributed by atoms with Crippen molar-refractivity contribution >= 4 is 5.91 Å². The Morgan fingerprint density at radius 3 is 2.83 bits per heavy atom. The lowest BCUT2D eigenvalue weighted by Gasteiger charge is -2.34. The molecule has 18 heavy (non-hydrogen) atoms. The fraction of sp³-hybridized carbons (Fsp3) is 0.714. The molecule has 0 aliphatic carbocycles. The van der Waals surface area contributed by atoms with Crippen LogP contribution in [0.3, 0.4) is 0 Å². The summed E-state index contributed by atoms with van der Waals surface area (Å²) in [7, 11) is 0. The topological polar surface area (TPSA) is 38.1 Å². The zero-order valence-electron chi connectivity index (χ0n) is 11.0. The van der Waals surface area contributed by atoms with Crippen LogP contribution in [0.25, 0.3) is 0 Å². The molecule has 3 heterocycles. The van der Waals surface area contributed by atoms with Crippen molar-refractivity contribution in [1.29, 1.82) is 0 Å². The van der Waals surface area contributed by atoms with Gasteiger partial charge in [0.1, 0.15) is 5.82 Å². The van der Waals surface area contributed by atoms with Crippen molar-refractivity contribution < 1.29 is 4.79 Å². The second kappa shape index (κ2) is 4.75. The highest BCUT2D eigenvalue weighted by molar-refractivity contribution is 5.79. The van der Waals surface area contributed by atoms with Crippen LogP contribution in [0, 0.1) is 11.8 Å². The molecule has 98 valence electrons. The van der Waals surface area contributed by atoms with Crippen molar-refractivity contribution in [3.63, 3.8) is 0 Å². The van der Waals surface area contributed by atoms with E-state index >= 15 is 0 Å². The van der Waals surface area contributed by atoms with E-state index in [2.05, 4.69) is 21.4 Å². The monoisotopic (exact) mass is 247 g/mol. The largest absolute Gasteiger partial charge is 0.342 e. The molecule has 1 aromatic heterocycles. The van der Waals surface area contributed by atoms with Gasteiger partial charge in [0, 0.05) is 44.4 Å². The minimum absolute atomic E-state index is 0.160. The SMILES string of the molecule is CC1CCN(C(=O)C2CCn3ccnc3C2)CC1. The van der Waals surface area contributed by atoms with Crippen molar-refractivity contribution in [2.45, 2.75) is 39.2 Å². The van der Waals surface area contributed by atoms with Crippen LogP contribution in [-0.2, 0) is 17.8 Å². The second-order valence-corrected chi connectivity index (χ2v) is 5.73. The number of likely N-dealkylation sites (tertiary alicyclic amines) is 1. The first-order chi connectivity index (χ1) is 8.74. The Morgan fingerprint density at radius 2 is 2.06 bits per heavy atom. The molecule has 0 radical (unpaired) electrons. The van der Waals surface area contributed by atoms with Gasteiger partial charge >= 0.3 is 0 Å². The second-order valence-electron chi connectivity index (χ2n) is 5.73. The number of aryl methyl sites for hydroxylation is 1. The van der Waals surface area contributed by atoms with Crippen molar-refractivity contribution in [3.05, 3.63) is 18.2 Å². The van der Waals surface area contributed by atoms with Gasteiger partial charge in [-0.25, -0.2) is 4.98 Å². The molecule has 4 nitrogen and oxygen atoms in total. The van der Waals surface area contributed by atoms with Crippen LogP contribution >= 0.6 is 0 Å². The Labute approximate surface area is 108 Å². The molecule has 0 bridgehead atoms. The lowest BCUT2D eigenvalue weighted by molar-refractivity contribution is -0.137. The van der Waals surface area contributed by atoms with Gasteiger partial charge in [-0.3, -0.25) is 4.79 Å². The standard InChI is InChI=1S/C14H21N3O/c1-11-2-6-17(7-3-11)14(18)12-4-8-16-9-5-15-13(16)10-12/h5,9,11-12H,2-4,6-8,10H2,1H3. The third-order valence-corrected chi connectivity index (χ3v) is 4.39. The fourth-order valence-corrected chi connectivity index (χ4v) is 3.05. The van der Waals surface area contributed by atoms with Gasteiger partial charge in [0.05, 0.1) is 0 Å². The van der Waals surface area contributed by atoms with Gasteiger partial charge in [0.25, 0.3) is 0 Å². The van der Waals surface area contributed by atoms with Crippen LogP contribution in [0.1, 0.15) is 32.0 Å². The number of imidazole rings is 1. The van der Waals surface area contributed by atoms with E-state index in [1.54, 1.807) is 0 Å². The van der Waals surface area contributed by atoms with Crippen LogP contribution < -0.4 is 0 Å². The summed E-state index contributed by atoms with van der Waals surface area (Å²) < 4.78 is 2.17. The Kier molecular flexibility index (Phi) is 3.10. The molecule has 4 heteroatoms. The summed E-state index contributed by atoms with van der Waals surface area (Å²) in [4.78, 5) is 18.9. The highest BCUT2D eigenvalue weighted by Gasteiger charge is 2.30. The lowest BCUT2D eigenvalue weighted by atomic mass is 9.93. The van der Waals surface area contributed by atoms with Gasteiger partial charge in [-0.2, -0.15) is 0 Å². The number of amides is 1. The molecule has 1 unspecified atom stereocenters. The average Bonchev–Trinajstić information content (AvgIpc) is 2.86. The Morgan fingerprint density at radius 1 is 1.28 bits per heavy atom. The minimum atomic E-state index is 0.160. The number of carbonyl (C=O) groups is 1. The fourth-order valence-electron chi connectivity index (χ4n) is 3.05. The van der Waals surface area contributed by atoms with Crippen molar-refractivity contribution in [3.8, 4) is 0 Å². The first-order valence-electron chi connectivity index (χ1n) is 7.03. The number of nitrogens with zero attached hydrogens (tertiary/aromatic N) is 3. The van der Waals surface area contributed by atoms with Crippen molar-refractivity contribution in [2.75, 3.05) is 13.1 Å². The smallest absolute Gasteiger partial charge is 0.226 e. The third kappa shape index (κ3) is 2.16. The number of aromatic nitrogens is 2. The van der Waals surface area contributed by atoms with Crippen LogP contribution in [0.5, 0.6) is 0 Å². The summed E-state index contributed by atoms with van der Waals surface area (Å²) in [5, 5.41) is 0. The van der Waals surface area contributed by atoms with Crippen LogP contribution in [0.15, 0.2) is 12.4 Å². The Hall–Kier alpha value is -1.32. The van der Waals surface area contributed by atoms with E-state index in [0.29, 0.717) is 5.91 Å². The zero-order valence-corrected chi connectivity index (χ0v) is 11.0. The molecular formula is C14H21N3O. The number of hydrogen-bond donors (Lipinski definition) is 0. The summed E-state index contributed by atoms with van der Waals surface area (Å²) in [6, 6.07) is 0. The summed E-state index contributed by atoms with van der Waals surface area (Å²) in [5.74, 6) is 2.37. The predicted molar refractivity (Wildman–Crippen MR) is 69.0 cm³/mol. The maximum Gasteiger partial charge on any atom is 0.226 e. The molecule has 1 saturated heterocycles. The number of carbonyl (C=O) groups excluding carboxylic acids is 1. The summed E-state index contributed by atoms with van der Waals surface area (Å²) in [6.07, 6.45) is 7.95. The summed E-state index contributed by atoms with van der Waals surface area (Å²) in [6.45, 7) is 5.12. The first-order valence-corrected chi connectivity index (χ1v) is 7.03. The van der Waals surface area contributed by atoms with E-state index in [1.165, 1.54) is 0 Å². The predicted octanol–water partition coefficient (Wildman–Crippen LogP) is 1.70. The van der Waals surface area contributed by atoms with Crippen LogP contribution in [0.2, 0.25) is 0 Å². The maximum atomic E-state index is 12.5.